The fraction of sp³-hybridized carbons (Fsp3) is 0.500. The molecular formula is C4F7NaO3S. The Morgan fingerprint density at radius 2 is 1.25 bits per heavy atom. The van der Waals surface area contributed by atoms with Gasteiger partial charge in [0, 0.05) is 0 Å². The summed E-state index contributed by atoms with van der Waals surface area (Å²) in [5.74, 6) is -3.98. The second kappa shape index (κ2) is 5.21. The van der Waals surface area contributed by atoms with E-state index in [-0.39, 0.29) is 29.6 Å². The summed E-state index contributed by atoms with van der Waals surface area (Å²) in [6.07, 6.45) is -12.4. The van der Waals surface area contributed by atoms with Gasteiger partial charge in [0.05, 0.1) is 0 Å². The van der Waals surface area contributed by atoms with E-state index in [2.05, 4.69) is 0 Å². The molecule has 3 nitrogen and oxygen atoms in total. The first-order valence-electron chi connectivity index (χ1n) is 2.78. The van der Waals surface area contributed by atoms with Gasteiger partial charge in [-0.1, -0.05) is 0 Å². The molecule has 0 radical (unpaired) electrons. The van der Waals surface area contributed by atoms with Gasteiger partial charge < -0.3 is 4.55 Å². The van der Waals surface area contributed by atoms with Gasteiger partial charge >= 0.3 is 41.9 Å². The van der Waals surface area contributed by atoms with Crippen LogP contribution in [-0.2, 0) is 10.1 Å². The van der Waals surface area contributed by atoms with Crippen molar-refractivity contribution < 1.29 is 73.3 Å². The van der Waals surface area contributed by atoms with Crippen LogP contribution >= 0.6 is 0 Å². The largest absolute Gasteiger partial charge is 1.00 e. The van der Waals surface area contributed by atoms with Gasteiger partial charge in [0.15, 0.2) is 4.91 Å². The van der Waals surface area contributed by atoms with Gasteiger partial charge in [-0.25, -0.2) is 12.8 Å². The number of halogens is 7. The van der Waals surface area contributed by atoms with Crippen LogP contribution in [0.4, 0.5) is 30.7 Å². The molecule has 0 saturated heterocycles. The van der Waals surface area contributed by atoms with Gasteiger partial charge in [-0.15, -0.1) is 0 Å². The predicted molar refractivity (Wildman–Crippen MR) is 29.9 cm³/mol. The van der Waals surface area contributed by atoms with Crippen molar-refractivity contribution in [3.8, 4) is 0 Å². The molecular weight excluding hydrogens is 284 g/mol. The van der Waals surface area contributed by atoms with E-state index in [1.165, 1.54) is 0 Å². The number of hydrogen-bond acceptors (Lipinski definition) is 3. The van der Waals surface area contributed by atoms with Crippen molar-refractivity contribution in [2.24, 2.45) is 0 Å². The quantitative estimate of drug-likeness (QED) is 0.347. The van der Waals surface area contributed by atoms with Crippen molar-refractivity contribution in [2.75, 3.05) is 0 Å². The van der Waals surface area contributed by atoms with Gasteiger partial charge in [-0.05, 0) is 0 Å². The molecule has 0 aliphatic heterocycles. The maximum Gasteiger partial charge on any atom is 1.00 e. The maximum atomic E-state index is 12.0. The fourth-order valence-electron chi connectivity index (χ4n) is 0.505. The molecule has 0 rings (SSSR count). The molecule has 16 heavy (non-hydrogen) atoms. The van der Waals surface area contributed by atoms with Crippen LogP contribution in [0.5, 0.6) is 0 Å². The van der Waals surface area contributed by atoms with E-state index >= 15 is 0 Å². The number of alkyl halides is 6. The topological polar surface area (TPSA) is 57.2 Å². The monoisotopic (exact) mass is 284 g/mol. The first-order valence-corrected chi connectivity index (χ1v) is 4.19. The minimum atomic E-state index is -6.60. The van der Waals surface area contributed by atoms with E-state index in [1.54, 1.807) is 0 Å². The molecule has 0 fully saturated rings. The van der Waals surface area contributed by atoms with Crippen molar-refractivity contribution in [1.29, 1.82) is 0 Å². The molecule has 0 aromatic carbocycles. The third kappa shape index (κ3) is 4.99. The zero-order valence-electron chi connectivity index (χ0n) is 7.28. The van der Waals surface area contributed by atoms with Crippen LogP contribution < -0.4 is 29.6 Å². The van der Waals surface area contributed by atoms with Gasteiger partial charge in [0.1, 0.15) is 10.1 Å². The predicted octanol–water partition coefficient (Wildman–Crippen LogP) is -1.16. The first kappa shape index (κ1) is 18.5. The zero-order valence-corrected chi connectivity index (χ0v) is 10.1. The molecule has 0 bridgehead atoms. The molecule has 12 heteroatoms. The Morgan fingerprint density at radius 3 is 1.31 bits per heavy atom. The molecule has 0 heterocycles. The van der Waals surface area contributed by atoms with Crippen molar-refractivity contribution in [3.63, 3.8) is 0 Å². The Morgan fingerprint density at radius 1 is 0.938 bits per heavy atom. The molecule has 0 N–H and O–H groups in total. The normalized spacial score (nSPS) is 15.2. The van der Waals surface area contributed by atoms with E-state index in [4.69, 9.17) is 0 Å². The summed E-state index contributed by atoms with van der Waals surface area (Å²) >= 11 is 0. The smallest absolute Gasteiger partial charge is 0.744 e. The standard InChI is InChI=1S/C4HF7O3S.Na/c5-1(3(6,7)8)2(4(9,10)11)15(12,13)14;/h(H,12,13,14);/q;+1/p-1. The van der Waals surface area contributed by atoms with E-state index in [1.807, 2.05) is 0 Å². The van der Waals surface area contributed by atoms with Crippen LogP contribution in [0.15, 0.2) is 10.7 Å². The number of hydrogen-bond donors (Lipinski definition) is 0. The van der Waals surface area contributed by atoms with Crippen LogP contribution in [0, 0.1) is 0 Å². The summed E-state index contributed by atoms with van der Waals surface area (Å²) in [7, 11) is -6.60. The number of rotatable bonds is 1. The van der Waals surface area contributed by atoms with Crippen LogP contribution in [0.3, 0.4) is 0 Å². The molecule has 0 saturated carbocycles. The van der Waals surface area contributed by atoms with Crippen LogP contribution in [0.25, 0.3) is 0 Å². The second-order valence-corrected chi connectivity index (χ2v) is 3.41. The Labute approximate surface area is 106 Å². The molecule has 0 spiro atoms. The Kier molecular flexibility index (Phi) is 6.03. The summed E-state index contributed by atoms with van der Waals surface area (Å²) in [4.78, 5) is -3.78. The molecule has 90 valence electrons. The Hall–Kier alpha value is 0.160. The molecule has 0 aliphatic carbocycles. The average Bonchev–Trinajstić information content (AvgIpc) is 1.76. The molecule has 0 aromatic rings. The van der Waals surface area contributed by atoms with Gasteiger partial charge in [0.25, 0.3) is 0 Å². The van der Waals surface area contributed by atoms with E-state index in [0.29, 0.717) is 0 Å². The Balaban J connectivity index is 0. The maximum absolute atomic E-state index is 12.0. The third-order valence-corrected chi connectivity index (χ3v) is 1.87. The van der Waals surface area contributed by atoms with E-state index in [9.17, 15) is 43.7 Å². The SMILES string of the molecule is O=S(=O)([O-])C(=C(F)C(F)(F)F)C(F)(F)F.[Na+]. The van der Waals surface area contributed by atoms with E-state index < -0.39 is 33.2 Å². The summed E-state index contributed by atoms with van der Waals surface area (Å²) in [5, 5.41) is 0. The molecule has 0 amide bonds. The molecule has 0 unspecified atom stereocenters. The fourth-order valence-corrected chi connectivity index (χ4v) is 1.12. The summed E-state index contributed by atoms with van der Waals surface area (Å²) < 4.78 is 111. The van der Waals surface area contributed by atoms with Crippen molar-refractivity contribution in [1.82, 2.24) is 0 Å². The van der Waals surface area contributed by atoms with Gasteiger partial charge in [0.2, 0.25) is 5.83 Å². The summed E-state index contributed by atoms with van der Waals surface area (Å²) in [6.45, 7) is 0. The average molecular weight is 284 g/mol. The first-order chi connectivity index (χ1) is 6.28. The molecule has 0 aliphatic rings. The van der Waals surface area contributed by atoms with Crippen LogP contribution in [0.1, 0.15) is 0 Å². The van der Waals surface area contributed by atoms with Gasteiger partial charge in [-0.3, -0.25) is 0 Å². The van der Waals surface area contributed by atoms with Crippen molar-refractivity contribution >= 4 is 10.1 Å². The van der Waals surface area contributed by atoms with Crippen LogP contribution in [-0.4, -0.2) is 25.3 Å². The van der Waals surface area contributed by atoms with Crippen LogP contribution in [0.2, 0.25) is 0 Å². The summed E-state index contributed by atoms with van der Waals surface area (Å²) in [5.41, 5.74) is 0. The minimum absolute atomic E-state index is 0. The molecule has 0 aromatic heterocycles. The van der Waals surface area contributed by atoms with Crippen molar-refractivity contribution in [2.45, 2.75) is 12.4 Å². The second-order valence-electron chi connectivity index (χ2n) is 2.09. The zero-order chi connectivity index (χ0) is 12.7. The summed E-state index contributed by atoms with van der Waals surface area (Å²) in [6, 6.07) is 0. The van der Waals surface area contributed by atoms with E-state index in [0.717, 1.165) is 0 Å². The third-order valence-electron chi connectivity index (χ3n) is 0.956. The van der Waals surface area contributed by atoms with Crippen molar-refractivity contribution in [3.05, 3.63) is 10.7 Å². The molecule has 0 atom stereocenters. The minimum Gasteiger partial charge on any atom is -0.744 e. The number of allylic oxidation sites excluding steroid dienone is 2. The Bertz CT molecular complexity index is 377. The van der Waals surface area contributed by atoms with Gasteiger partial charge in [-0.2, -0.15) is 26.3 Å².